The Morgan fingerprint density at radius 1 is 1.35 bits per heavy atom. The summed E-state index contributed by atoms with van der Waals surface area (Å²) in [6, 6.07) is 3.26. The maximum atomic E-state index is 12.9. The zero-order chi connectivity index (χ0) is 14.8. The Bertz CT molecular complexity index is 508. The maximum Gasteiger partial charge on any atom is 0.257 e. The van der Waals surface area contributed by atoms with Crippen LogP contribution in [0.3, 0.4) is 0 Å². The molecule has 3 N–H and O–H groups in total. The molecule has 110 valence electrons. The molecule has 0 spiro atoms. The summed E-state index contributed by atoms with van der Waals surface area (Å²) in [6.07, 6.45) is 1.25. The molecule has 0 bridgehead atoms. The van der Waals surface area contributed by atoms with Crippen molar-refractivity contribution in [3.05, 3.63) is 29.6 Å². The van der Waals surface area contributed by atoms with Gasteiger partial charge in [0.2, 0.25) is 0 Å². The second-order valence-corrected chi connectivity index (χ2v) is 5.19. The standard InChI is InChI=1S/C14H18FNO4/c15-10-2-3-11(12(18)8-10)13(19)16-6-1-4-14(20,9-17)5-7-16/h2-3,8,17-18,20H,1,4-7,9H2/t14-/m0/s1. The molecule has 0 unspecified atom stereocenters. The Morgan fingerprint density at radius 2 is 2.10 bits per heavy atom. The summed E-state index contributed by atoms with van der Waals surface area (Å²) in [4.78, 5) is 13.8. The highest BCUT2D eigenvalue weighted by atomic mass is 19.1. The van der Waals surface area contributed by atoms with E-state index in [4.69, 9.17) is 5.11 Å². The number of carbonyl (C=O) groups excluding carboxylic acids is 1. The summed E-state index contributed by atoms with van der Waals surface area (Å²) in [5, 5.41) is 28.8. The molecule has 1 atom stereocenters. The monoisotopic (exact) mass is 283 g/mol. The maximum absolute atomic E-state index is 12.9. The van der Waals surface area contributed by atoms with Crippen molar-refractivity contribution < 1.29 is 24.5 Å². The molecule has 20 heavy (non-hydrogen) atoms. The molecular weight excluding hydrogens is 265 g/mol. The highest BCUT2D eigenvalue weighted by Gasteiger charge is 2.31. The van der Waals surface area contributed by atoms with Gasteiger partial charge >= 0.3 is 0 Å². The summed E-state index contributed by atoms with van der Waals surface area (Å²) < 4.78 is 12.9. The van der Waals surface area contributed by atoms with Gasteiger partial charge in [-0.3, -0.25) is 4.79 Å². The lowest BCUT2D eigenvalue weighted by molar-refractivity contribution is -0.0250. The van der Waals surface area contributed by atoms with Crippen LogP contribution in [0.2, 0.25) is 0 Å². The topological polar surface area (TPSA) is 81.0 Å². The van der Waals surface area contributed by atoms with Gasteiger partial charge in [-0.25, -0.2) is 4.39 Å². The van der Waals surface area contributed by atoms with Crippen molar-refractivity contribution in [2.45, 2.75) is 24.9 Å². The van der Waals surface area contributed by atoms with Crippen LogP contribution in [0.1, 0.15) is 29.6 Å². The number of amides is 1. The third kappa shape index (κ3) is 3.08. The van der Waals surface area contributed by atoms with E-state index in [-0.39, 0.29) is 25.1 Å². The van der Waals surface area contributed by atoms with Gasteiger partial charge in [-0.15, -0.1) is 0 Å². The molecule has 0 aliphatic carbocycles. The van der Waals surface area contributed by atoms with Crippen molar-refractivity contribution in [1.82, 2.24) is 4.90 Å². The fourth-order valence-electron chi connectivity index (χ4n) is 2.40. The van der Waals surface area contributed by atoms with E-state index in [1.165, 1.54) is 11.0 Å². The summed E-state index contributed by atoms with van der Waals surface area (Å²) >= 11 is 0. The molecule has 2 rings (SSSR count). The summed E-state index contributed by atoms with van der Waals surface area (Å²) in [7, 11) is 0. The van der Waals surface area contributed by atoms with Gasteiger partial charge in [-0.05, 0) is 31.4 Å². The lowest BCUT2D eigenvalue weighted by Crippen LogP contribution is -2.36. The van der Waals surface area contributed by atoms with Gasteiger partial charge in [-0.1, -0.05) is 0 Å². The minimum absolute atomic E-state index is 0.0424. The van der Waals surface area contributed by atoms with Gasteiger partial charge in [0.15, 0.2) is 0 Å². The van der Waals surface area contributed by atoms with Gasteiger partial charge in [0.05, 0.1) is 17.8 Å². The Balaban J connectivity index is 2.13. The fraction of sp³-hybridized carbons (Fsp3) is 0.500. The van der Waals surface area contributed by atoms with E-state index in [0.29, 0.717) is 19.4 Å². The Kier molecular flexibility index (Phi) is 4.25. The fourth-order valence-corrected chi connectivity index (χ4v) is 2.40. The predicted octanol–water partition coefficient (Wildman–Crippen LogP) is 0.881. The third-order valence-corrected chi connectivity index (χ3v) is 3.69. The first kappa shape index (κ1) is 14.7. The third-order valence-electron chi connectivity index (χ3n) is 3.69. The molecule has 0 saturated carbocycles. The number of aliphatic hydroxyl groups is 2. The molecule has 1 heterocycles. The first-order valence-electron chi connectivity index (χ1n) is 6.56. The van der Waals surface area contributed by atoms with E-state index in [1.807, 2.05) is 0 Å². The van der Waals surface area contributed by atoms with Crippen LogP contribution in [-0.4, -0.2) is 51.4 Å². The van der Waals surface area contributed by atoms with E-state index in [2.05, 4.69) is 0 Å². The van der Waals surface area contributed by atoms with E-state index in [1.54, 1.807) is 0 Å². The average molecular weight is 283 g/mol. The molecule has 1 fully saturated rings. The van der Waals surface area contributed by atoms with Crippen LogP contribution in [0, 0.1) is 5.82 Å². The molecule has 6 heteroatoms. The number of benzene rings is 1. The summed E-state index contributed by atoms with van der Waals surface area (Å²) in [5.41, 5.74) is -1.11. The van der Waals surface area contributed by atoms with Crippen LogP contribution >= 0.6 is 0 Å². The Labute approximate surface area is 116 Å². The van der Waals surface area contributed by atoms with Gasteiger partial charge in [0.25, 0.3) is 5.91 Å². The molecule has 1 aromatic rings. The number of phenols is 1. The quantitative estimate of drug-likeness (QED) is 0.752. The van der Waals surface area contributed by atoms with Crippen molar-refractivity contribution in [2.24, 2.45) is 0 Å². The number of aliphatic hydroxyl groups excluding tert-OH is 1. The molecule has 0 radical (unpaired) electrons. The second-order valence-electron chi connectivity index (χ2n) is 5.19. The smallest absolute Gasteiger partial charge is 0.257 e. The molecule has 1 amide bonds. The highest BCUT2D eigenvalue weighted by Crippen LogP contribution is 2.25. The molecule has 1 aliphatic heterocycles. The first-order chi connectivity index (χ1) is 9.45. The van der Waals surface area contributed by atoms with Gasteiger partial charge in [0, 0.05) is 19.2 Å². The number of halogens is 1. The van der Waals surface area contributed by atoms with Crippen LogP contribution in [0.4, 0.5) is 4.39 Å². The Morgan fingerprint density at radius 3 is 2.75 bits per heavy atom. The predicted molar refractivity (Wildman–Crippen MR) is 69.9 cm³/mol. The van der Waals surface area contributed by atoms with Gasteiger partial charge in [-0.2, -0.15) is 0 Å². The SMILES string of the molecule is O=C(c1ccc(F)cc1O)N1CCC[C@@](O)(CO)CC1. The number of phenolic OH excluding ortho intramolecular Hbond substituents is 1. The van der Waals surface area contributed by atoms with E-state index in [9.17, 15) is 19.4 Å². The van der Waals surface area contributed by atoms with Gasteiger partial charge < -0.3 is 20.2 Å². The average Bonchev–Trinajstić information content (AvgIpc) is 2.61. The normalized spacial score (nSPS) is 23.4. The van der Waals surface area contributed by atoms with E-state index in [0.717, 1.165) is 12.1 Å². The minimum atomic E-state index is -1.15. The molecular formula is C14H18FNO4. The number of nitrogens with zero attached hydrogens (tertiary/aromatic N) is 1. The lowest BCUT2D eigenvalue weighted by Gasteiger charge is -2.24. The highest BCUT2D eigenvalue weighted by molar-refractivity contribution is 5.96. The lowest BCUT2D eigenvalue weighted by atomic mass is 9.96. The van der Waals surface area contributed by atoms with Crippen molar-refractivity contribution in [2.75, 3.05) is 19.7 Å². The minimum Gasteiger partial charge on any atom is -0.507 e. The number of rotatable bonds is 2. The number of hydrogen-bond acceptors (Lipinski definition) is 4. The molecule has 1 aromatic carbocycles. The number of aromatic hydroxyl groups is 1. The first-order valence-corrected chi connectivity index (χ1v) is 6.56. The van der Waals surface area contributed by atoms with Crippen molar-refractivity contribution in [3.63, 3.8) is 0 Å². The van der Waals surface area contributed by atoms with Crippen molar-refractivity contribution in [3.8, 4) is 5.75 Å². The van der Waals surface area contributed by atoms with Gasteiger partial charge in [0.1, 0.15) is 11.6 Å². The largest absolute Gasteiger partial charge is 0.507 e. The van der Waals surface area contributed by atoms with Crippen LogP contribution < -0.4 is 0 Å². The number of carbonyl (C=O) groups is 1. The molecule has 1 saturated heterocycles. The van der Waals surface area contributed by atoms with Crippen LogP contribution in [0.15, 0.2) is 18.2 Å². The number of hydrogen-bond donors (Lipinski definition) is 3. The zero-order valence-corrected chi connectivity index (χ0v) is 11.0. The Hall–Kier alpha value is -1.66. The van der Waals surface area contributed by atoms with E-state index >= 15 is 0 Å². The molecule has 1 aliphatic rings. The summed E-state index contributed by atoms with van der Waals surface area (Å²) in [6.45, 7) is 0.376. The van der Waals surface area contributed by atoms with Crippen molar-refractivity contribution >= 4 is 5.91 Å². The second kappa shape index (κ2) is 5.76. The summed E-state index contributed by atoms with van der Waals surface area (Å²) in [5.74, 6) is -1.40. The molecule has 0 aromatic heterocycles. The van der Waals surface area contributed by atoms with E-state index < -0.39 is 23.1 Å². The van der Waals surface area contributed by atoms with Crippen LogP contribution in [-0.2, 0) is 0 Å². The van der Waals surface area contributed by atoms with Crippen LogP contribution in [0.5, 0.6) is 5.75 Å². The van der Waals surface area contributed by atoms with Crippen LogP contribution in [0.25, 0.3) is 0 Å². The number of likely N-dealkylation sites (tertiary alicyclic amines) is 1. The molecule has 5 nitrogen and oxygen atoms in total. The zero-order valence-electron chi connectivity index (χ0n) is 11.0. The van der Waals surface area contributed by atoms with Crippen molar-refractivity contribution in [1.29, 1.82) is 0 Å².